The van der Waals surface area contributed by atoms with Crippen LogP contribution >= 0.6 is 0 Å². The van der Waals surface area contributed by atoms with Gasteiger partial charge in [-0.1, -0.05) is 18.2 Å². The molecule has 1 fully saturated rings. The second kappa shape index (κ2) is 8.94. The summed E-state index contributed by atoms with van der Waals surface area (Å²) in [7, 11) is 0. The highest BCUT2D eigenvalue weighted by Crippen LogP contribution is 2.30. The Hall–Kier alpha value is -3.76. The number of carbonyl (C=O) groups is 3. The number of carbonyl (C=O) groups excluding carboxylic acids is 3. The van der Waals surface area contributed by atoms with E-state index in [1.807, 2.05) is 0 Å². The first-order valence-electron chi connectivity index (χ1n) is 9.17. The van der Waals surface area contributed by atoms with E-state index < -0.39 is 36.2 Å². The van der Waals surface area contributed by atoms with Gasteiger partial charge in [-0.05, 0) is 30.3 Å². The number of nitrogens with one attached hydrogen (secondary N) is 2. The van der Waals surface area contributed by atoms with Crippen LogP contribution in [0.15, 0.2) is 48.5 Å². The Labute approximate surface area is 175 Å². The number of likely N-dealkylation sites (tertiary alicyclic amines) is 1. The van der Waals surface area contributed by atoms with Gasteiger partial charge in [-0.2, -0.15) is 13.2 Å². The van der Waals surface area contributed by atoms with Gasteiger partial charge in [0.25, 0.3) is 11.8 Å². The van der Waals surface area contributed by atoms with Crippen molar-refractivity contribution in [1.82, 2.24) is 10.2 Å². The van der Waals surface area contributed by atoms with Crippen molar-refractivity contribution in [2.45, 2.75) is 12.2 Å². The molecule has 2 aromatic rings. The monoisotopic (exact) mass is 436 g/mol. The van der Waals surface area contributed by atoms with Crippen LogP contribution in [0, 0.1) is 0 Å². The van der Waals surface area contributed by atoms with Crippen LogP contribution in [0.5, 0.6) is 5.75 Å². The van der Waals surface area contributed by atoms with Crippen molar-refractivity contribution in [2.75, 3.05) is 25.0 Å². The van der Waals surface area contributed by atoms with Gasteiger partial charge in [0, 0.05) is 18.8 Å². The molecular weight excluding hydrogens is 417 g/mol. The quantitative estimate of drug-likeness (QED) is 0.644. The van der Waals surface area contributed by atoms with Crippen LogP contribution in [0.25, 0.3) is 0 Å². The summed E-state index contributed by atoms with van der Waals surface area (Å²) < 4.78 is 43.7. The van der Waals surface area contributed by atoms with Crippen molar-refractivity contribution in [3.63, 3.8) is 0 Å². The minimum absolute atomic E-state index is 0.0292. The van der Waals surface area contributed by atoms with Crippen molar-refractivity contribution in [1.29, 1.82) is 0 Å². The smallest absolute Gasteiger partial charge is 0.416 e. The number of anilines is 1. The molecule has 1 aliphatic rings. The number of nitrogens with zero attached hydrogens (tertiary/aromatic N) is 1. The fraction of sp³-hybridized carbons (Fsp3) is 0.250. The molecule has 164 valence electrons. The molecule has 4 amide bonds. The summed E-state index contributed by atoms with van der Waals surface area (Å²) in [6.45, 7) is 0.0758. The summed E-state index contributed by atoms with van der Waals surface area (Å²) in [4.78, 5) is 36.9. The number of para-hydroxylation sites is 1. The van der Waals surface area contributed by atoms with Gasteiger partial charge >= 0.3 is 12.2 Å². The highest BCUT2D eigenvalue weighted by molar-refractivity contribution is 5.97. The van der Waals surface area contributed by atoms with E-state index in [0.717, 1.165) is 12.1 Å². The van der Waals surface area contributed by atoms with Gasteiger partial charge < -0.3 is 26.0 Å². The number of rotatable bonds is 6. The first-order chi connectivity index (χ1) is 14.6. The molecule has 0 bridgehead atoms. The highest BCUT2D eigenvalue weighted by Gasteiger charge is 2.31. The minimum atomic E-state index is -4.53. The van der Waals surface area contributed by atoms with E-state index in [1.165, 1.54) is 29.2 Å². The Balaban J connectivity index is 1.57. The lowest BCUT2D eigenvalue weighted by molar-refractivity contribution is -0.137. The normalized spacial score (nSPS) is 13.8. The largest absolute Gasteiger partial charge is 0.483 e. The number of amides is 4. The molecular formula is C20H19F3N4O4. The van der Waals surface area contributed by atoms with E-state index in [2.05, 4.69) is 10.6 Å². The van der Waals surface area contributed by atoms with E-state index in [0.29, 0.717) is 13.1 Å². The first kappa shape index (κ1) is 21.9. The lowest BCUT2D eigenvalue weighted by Crippen LogP contribution is -2.62. The van der Waals surface area contributed by atoms with Gasteiger partial charge in [-0.25, -0.2) is 4.79 Å². The number of alkyl halides is 3. The SMILES string of the molecule is NC(=O)N1CC(NC(=O)c2ccccc2OCC(=O)Nc2cccc(C(F)(F)F)c2)C1. The Bertz CT molecular complexity index is 990. The zero-order valence-corrected chi connectivity index (χ0v) is 16.1. The molecule has 8 nitrogen and oxygen atoms in total. The predicted molar refractivity (Wildman–Crippen MR) is 104 cm³/mol. The zero-order chi connectivity index (χ0) is 22.6. The maximum absolute atomic E-state index is 12.8. The maximum atomic E-state index is 12.8. The summed E-state index contributed by atoms with van der Waals surface area (Å²) in [5.74, 6) is -1.01. The third kappa shape index (κ3) is 5.65. The van der Waals surface area contributed by atoms with Gasteiger partial charge in [0.2, 0.25) is 0 Å². The molecule has 1 aliphatic heterocycles. The van der Waals surface area contributed by atoms with E-state index in [4.69, 9.17) is 10.5 Å². The number of primary amides is 1. The summed E-state index contributed by atoms with van der Waals surface area (Å²) in [5, 5.41) is 5.06. The van der Waals surface area contributed by atoms with Crippen LogP contribution in [0.4, 0.5) is 23.7 Å². The molecule has 0 unspecified atom stereocenters. The van der Waals surface area contributed by atoms with Crippen LogP contribution in [-0.4, -0.2) is 48.5 Å². The number of urea groups is 1. The topological polar surface area (TPSA) is 114 Å². The summed E-state index contributed by atoms with van der Waals surface area (Å²) in [6.07, 6.45) is -4.53. The summed E-state index contributed by atoms with van der Waals surface area (Å²) >= 11 is 0. The molecule has 31 heavy (non-hydrogen) atoms. The Morgan fingerprint density at radius 3 is 2.48 bits per heavy atom. The average Bonchev–Trinajstić information content (AvgIpc) is 2.68. The number of hydrogen-bond donors (Lipinski definition) is 3. The van der Waals surface area contributed by atoms with Gasteiger partial charge in [0.15, 0.2) is 6.61 Å². The van der Waals surface area contributed by atoms with Crippen molar-refractivity contribution in [2.24, 2.45) is 5.73 Å². The molecule has 0 aromatic heterocycles. The maximum Gasteiger partial charge on any atom is 0.416 e. The molecule has 0 atom stereocenters. The lowest BCUT2D eigenvalue weighted by Gasteiger charge is -2.38. The minimum Gasteiger partial charge on any atom is -0.483 e. The number of nitrogens with two attached hydrogens (primary N) is 1. The van der Waals surface area contributed by atoms with Gasteiger partial charge in [0.05, 0.1) is 17.2 Å². The summed E-state index contributed by atoms with van der Waals surface area (Å²) in [6, 6.07) is 9.59. The van der Waals surface area contributed by atoms with Crippen molar-refractivity contribution in [3.8, 4) is 5.75 Å². The standard InChI is InChI=1S/C20H19F3N4O4/c21-20(22,23)12-4-3-5-13(8-12)25-17(28)11-31-16-7-2-1-6-15(16)18(29)26-14-9-27(10-14)19(24)30/h1-8,14H,9-11H2,(H2,24,30)(H,25,28)(H,26,29). The van der Waals surface area contributed by atoms with Crippen LogP contribution in [0.2, 0.25) is 0 Å². The molecule has 1 heterocycles. The molecule has 0 aliphatic carbocycles. The van der Waals surface area contributed by atoms with E-state index >= 15 is 0 Å². The van der Waals surface area contributed by atoms with Crippen LogP contribution in [0.3, 0.4) is 0 Å². The molecule has 0 saturated carbocycles. The highest BCUT2D eigenvalue weighted by atomic mass is 19.4. The van der Waals surface area contributed by atoms with Crippen molar-refractivity contribution >= 4 is 23.5 Å². The molecule has 2 aromatic carbocycles. The third-order valence-corrected chi connectivity index (χ3v) is 4.49. The molecule has 4 N–H and O–H groups in total. The average molecular weight is 436 g/mol. The van der Waals surface area contributed by atoms with E-state index in [9.17, 15) is 27.6 Å². The lowest BCUT2D eigenvalue weighted by atomic mass is 10.1. The van der Waals surface area contributed by atoms with Crippen molar-refractivity contribution < 1.29 is 32.3 Å². The molecule has 0 spiro atoms. The van der Waals surface area contributed by atoms with Crippen LogP contribution < -0.4 is 21.1 Å². The number of halogens is 3. The zero-order valence-electron chi connectivity index (χ0n) is 16.1. The number of ether oxygens (including phenoxy) is 1. The van der Waals surface area contributed by atoms with Gasteiger partial charge in [-0.15, -0.1) is 0 Å². The second-order valence-electron chi connectivity index (χ2n) is 6.83. The molecule has 11 heteroatoms. The fourth-order valence-corrected chi connectivity index (χ4v) is 2.91. The predicted octanol–water partition coefficient (Wildman–Crippen LogP) is 2.22. The Morgan fingerprint density at radius 2 is 1.81 bits per heavy atom. The first-order valence-corrected chi connectivity index (χ1v) is 9.17. The van der Waals surface area contributed by atoms with Crippen LogP contribution in [-0.2, 0) is 11.0 Å². The third-order valence-electron chi connectivity index (χ3n) is 4.49. The molecule has 3 rings (SSSR count). The van der Waals surface area contributed by atoms with E-state index in [-0.39, 0.29) is 23.0 Å². The molecule has 0 radical (unpaired) electrons. The van der Waals surface area contributed by atoms with Gasteiger partial charge in [0.1, 0.15) is 5.75 Å². The second-order valence-corrected chi connectivity index (χ2v) is 6.83. The van der Waals surface area contributed by atoms with Crippen molar-refractivity contribution in [3.05, 3.63) is 59.7 Å². The number of hydrogen-bond acceptors (Lipinski definition) is 4. The van der Waals surface area contributed by atoms with Crippen LogP contribution in [0.1, 0.15) is 15.9 Å². The fourth-order valence-electron chi connectivity index (χ4n) is 2.91. The number of benzene rings is 2. The molecule has 1 saturated heterocycles. The Kier molecular flexibility index (Phi) is 6.33. The summed E-state index contributed by atoms with van der Waals surface area (Å²) in [5.41, 5.74) is 4.39. The Morgan fingerprint density at radius 1 is 1.10 bits per heavy atom. The van der Waals surface area contributed by atoms with E-state index in [1.54, 1.807) is 12.1 Å². The van der Waals surface area contributed by atoms with Gasteiger partial charge in [-0.3, -0.25) is 9.59 Å².